The second kappa shape index (κ2) is 10.5. The molecular formula is C23H27ClN2O3S. The molecule has 0 saturated carbocycles. The molecule has 0 unspecified atom stereocenters. The van der Waals surface area contributed by atoms with Gasteiger partial charge in [-0.2, -0.15) is 8.42 Å². The van der Waals surface area contributed by atoms with Gasteiger partial charge >= 0.3 is 0 Å². The summed E-state index contributed by atoms with van der Waals surface area (Å²) in [4.78, 5) is 2.08. The highest BCUT2D eigenvalue weighted by molar-refractivity contribution is 7.85. The van der Waals surface area contributed by atoms with E-state index in [2.05, 4.69) is 17.9 Å². The van der Waals surface area contributed by atoms with Crippen molar-refractivity contribution in [2.24, 2.45) is 0 Å². The molecule has 0 radical (unpaired) electrons. The molecule has 160 valence electrons. The smallest absolute Gasteiger partial charge is 0.294 e. The summed E-state index contributed by atoms with van der Waals surface area (Å²) < 4.78 is 31.5. The number of nitrogens with zero attached hydrogens (tertiary/aromatic N) is 1. The molecule has 30 heavy (non-hydrogen) atoms. The van der Waals surface area contributed by atoms with Crippen LogP contribution in [0.15, 0.2) is 71.6 Å². The Balaban J connectivity index is 0.000000297. The highest BCUT2D eigenvalue weighted by atomic mass is 35.5. The van der Waals surface area contributed by atoms with Crippen LogP contribution in [0.1, 0.15) is 23.6 Å². The molecule has 0 aliphatic rings. The monoisotopic (exact) mass is 446 g/mol. The number of nitrogens with two attached hydrogens (primary N) is 1. The van der Waals surface area contributed by atoms with Crippen LogP contribution in [0.4, 0.5) is 11.4 Å². The van der Waals surface area contributed by atoms with E-state index in [1.54, 1.807) is 18.2 Å². The molecule has 0 atom stereocenters. The lowest BCUT2D eigenvalue weighted by molar-refractivity contribution is 0.483. The van der Waals surface area contributed by atoms with E-state index in [9.17, 15) is 8.42 Å². The van der Waals surface area contributed by atoms with Crippen LogP contribution in [0.2, 0.25) is 5.02 Å². The number of aryl methyl sites for hydroxylation is 2. The lowest BCUT2D eigenvalue weighted by Gasteiger charge is -2.23. The number of halogens is 1. The van der Waals surface area contributed by atoms with Gasteiger partial charge in [0.05, 0.1) is 4.90 Å². The molecule has 0 aromatic heterocycles. The Hall–Kier alpha value is -2.54. The second-order valence-electron chi connectivity index (χ2n) is 6.98. The fourth-order valence-corrected chi connectivity index (χ4v) is 3.65. The maximum atomic E-state index is 11.2. The summed E-state index contributed by atoms with van der Waals surface area (Å²) in [5, 5.41) is 0.738. The lowest BCUT2D eigenvalue weighted by Crippen LogP contribution is -2.22. The Bertz CT molecular complexity index is 1100. The van der Waals surface area contributed by atoms with Gasteiger partial charge in [0.25, 0.3) is 10.1 Å². The predicted molar refractivity (Wildman–Crippen MR) is 125 cm³/mol. The number of hydrogen-bond acceptors (Lipinski definition) is 4. The van der Waals surface area contributed by atoms with Crippen molar-refractivity contribution < 1.29 is 13.0 Å². The molecule has 0 aliphatic carbocycles. The van der Waals surface area contributed by atoms with Crippen molar-refractivity contribution in [1.82, 2.24) is 0 Å². The highest BCUT2D eigenvalue weighted by Gasteiger charge is 2.11. The van der Waals surface area contributed by atoms with Gasteiger partial charge < -0.3 is 10.6 Å². The quantitative estimate of drug-likeness (QED) is 0.399. The predicted octanol–water partition coefficient (Wildman–Crippen LogP) is 5.50. The summed E-state index contributed by atoms with van der Waals surface area (Å²) in [7, 11) is -4.16. The second-order valence-corrected chi connectivity index (χ2v) is 8.83. The van der Waals surface area contributed by atoms with Gasteiger partial charge in [-0.15, -0.1) is 0 Å². The summed E-state index contributed by atoms with van der Waals surface area (Å²) in [6.45, 7) is 7.41. The van der Waals surface area contributed by atoms with Crippen molar-refractivity contribution in [1.29, 1.82) is 0 Å². The van der Waals surface area contributed by atoms with Crippen molar-refractivity contribution in [3.05, 3.63) is 88.4 Å². The Morgan fingerprint density at radius 2 is 1.70 bits per heavy atom. The molecule has 5 nitrogen and oxygen atoms in total. The molecule has 0 bridgehead atoms. The van der Waals surface area contributed by atoms with Crippen LogP contribution in [0, 0.1) is 13.8 Å². The summed E-state index contributed by atoms with van der Waals surface area (Å²) in [5.74, 6) is 0. The average Bonchev–Trinajstić information content (AvgIpc) is 2.69. The Labute approximate surface area is 183 Å². The van der Waals surface area contributed by atoms with Gasteiger partial charge in [-0.25, -0.2) is 0 Å². The number of hydrogen-bond donors (Lipinski definition) is 2. The molecule has 0 amide bonds. The molecule has 0 spiro atoms. The Morgan fingerprint density at radius 1 is 1.00 bits per heavy atom. The van der Waals surface area contributed by atoms with Crippen LogP contribution in [-0.2, 0) is 16.7 Å². The maximum absolute atomic E-state index is 11.2. The minimum Gasteiger partial charge on any atom is -0.399 e. The van der Waals surface area contributed by atoms with Crippen molar-refractivity contribution in [3.63, 3.8) is 0 Å². The molecule has 0 heterocycles. The zero-order valence-corrected chi connectivity index (χ0v) is 18.9. The largest absolute Gasteiger partial charge is 0.399 e. The third-order valence-corrected chi connectivity index (χ3v) is 5.63. The summed E-state index contributed by atoms with van der Waals surface area (Å²) in [5.41, 5.74) is 10.5. The van der Waals surface area contributed by atoms with Gasteiger partial charge in [0, 0.05) is 29.5 Å². The average molecular weight is 447 g/mol. The first-order valence-electron chi connectivity index (χ1n) is 9.50. The van der Waals surface area contributed by atoms with Crippen LogP contribution in [0.3, 0.4) is 0 Å². The highest BCUT2D eigenvalue weighted by Crippen LogP contribution is 2.20. The Morgan fingerprint density at radius 3 is 2.27 bits per heavy atom. The van der Waals surface area contributed by atoms with Gasteiger partial charge in [0.15, 0.2) is 0 Å². The first kappa shape index (κ1) is 23.7. The summed E-state index contributed by atoms with van der Waals surface area (Å²) in [6, 6.07) is 20.0. The third kappa shape index (κ3) is 7.06. The van der Waals surface area contributed by atoms with E-state index in [0.29, 0.717) is 6.54 Å². The van der Waals surface area contributed by atoms with Crippen molar-refractivity contribution in [2.75, 3.05) is 17.2 Å². The van der Waals surface area contributed by atoms with Crippen LogP contribution >= 0.6 is 11.6 Å². The number of anilines is 2. The molecule has 0 saturated heterocycles. The first-order valence-corrected chi connectivity index (χ1v) is 11.3. The van der Waals surface area contributed by atoms with Crippen LogP contribution in [0.25, 0.3) is 0 Å². The van der Waals surface area contributed by atoms with Gasteiger partial charge in [-0.3, -0.25) is 4.55 Å². The number of rotatable bonds is 5. The van der Waals surface area contributed by atoms with E-state index in [0.717, 1.165) is 34.1 Å². The first-order chi connectivity index (χ1) is 14.1. The SMILES string of the molecule is CCN(Cc1cccc(S(=O)(=O)O)c1)c1cccc(C)c1.Cc1cc(Cl)ccc1N. The zero-order valence-electron chi connectivity index (χ0n) is 17.3. The maximum Gasteiger partial charge on any atom is 0.294 e. The van der Waals surface area contributed by atoms with Gasteiger partial charge in [0.2, 0.25) is 0 Å². The van der Waals surface area contributed by atoms with Gasteiger partial charge in [-0.05, 0) is 79.9 Å². The molecule has 3 N–H and O–H groups in total. The Kier molecular flexibility index (Phi) is 8.29. The van der Waals surface area contributed by atoms with Crippen molar-refractivity contribution in [3.8, 4) is 0 Å². The van der Waals surface area contributed by atoms with Crippen LogP contribution in [-0.4, -0.2) is 19.5 Å². The fraction of sp³-hybridized carbons (Fsp3) is 0.217. The molecule has 0 fully saturated rings. The van der Waals surface area contributed by atoms with Crippen molar-refractivity contribution >= 4 is 33.1 Å². The third-order valence-electron chi connectivity index (χ3n) is 4.55. The molecular weight excluding hydrogens is 420 g/mol. The molecule has 3 aromatic rings. The van der Waals surface area contributed by atoms with E-state index >= 15 is 0 Å². The zero-order chi connectivity index (χ0) is 22.3. The lowest BCUT2D eigenvalue weighted by atomic mass is 10.1. The van der Waals surface area contributed by atoms with Crippen LogP contribution in [0.5, 0.6) is 0 Å². The molecule has 3 rings (SSSR count). The normalized spacial score (nSPS) is 10.8. The molecule has 0 aliphatic heterocycles. The number of nitrogen functional groups attached to an aromatic ring is 1. The van der Waals surface area contributed by atoms with Crippen molar-refractivity contribution in [2.45, 2.75) is 32.2 Å². The summed E-state index contributed by atoms with van der Waals surface area (Å²) >= 11 is 5.66. The fourth-order valence-electron chi connectivity index (χ4n) is 2.87. The van der Waals surface area contributed by atoms with Crippen LogP contribution < -0.4 is 10.6 Å². The van der Waals surface area contributed by atoms with E-state index in [1.807, 2.05) is 44.2 Å². The standard InChI is InChI=1S/C16H19NO3S.C7H8ClN/c1-3-17(15-8-4-6-13(2)10-15)12-14-7-5-9-16(11-14)21(18,19)20;1-5-4-6(8)2-3-7(5)9/h4-11H,3,12H2,1-2H3,(H,18,19,20);2-4H,9H2,1H3. The molecule has 7 heteroatoms. The summed E-state index contributed by atoms with van der Waals surface area (Å²) in [6.07, 6.45) is 0. The number of benzene rings is 3. The minimum atomic E-state index is -4.16. The van der Waals surface area contributed by atoms with Gasteiger partial charge in [0.1, 0.15) is 0 Å². The van der Waals surface area contributed by atoms with E-state index < -0.39 is 10.1 Å². The molecule has 3 aromatic carbocycles. The topological polar surface area (TPSA) is 83.6 Å². The minimum absolute atomic E-state index is 0.0692. The van der Waals surface area contributed by atoms with Gasteiger partial charge in [-0.1, -0.05) is 35.9 Å². The van der Waals surface area contributed by atoms with E-state index in [4.69, 9.17) is 21.9 Å². The van der Waals surface area contributed by atoms with E-state index in [-0.39, 0.29) is 4.90 Å². The van der Waals surface area contributed by atoms with E-state index in [1.165, 1.54) is 17.7 Å².